The van der Waals surface area contributed by atoms with Crippen LogP contribution in [0.5, 0.6) is 0 Å². The summed E-state index contributed by atoms with van der Waals surface area (Å²) in [5.41, 5.74) is 0.327. The molecule has 1 fully saturated rings. The summed E-state index contributed by atoms with van der Waals surface area (Å²) in [5.74, 6) is 1.13. The van der Waals surface area contributed by atoms with Gasteiger partial charge in [0.25, 0.3) is 0 Å². The summed E-state index contributed by atoms with van der Waals surface area (Å²) in [5, 5.41) is 17.3. The number of hydrogen-bond donors (Lipinski definition) is 1. The van der Waals surface area contributed by atoms with Gasteiger partial charge in [0.1, 0.15) is 11.9 Å². The number of aliphatic hydroxyl groups excluding tert-OH is 1. The summed E-state index contributed by atoms with van der Waals surface area (Å²) in [7, 11) is 0. The van der Waals surface area contributed by atoms with Crippen LogP contribution in [0.2, 0.25) is 0 Å². The van der Waals surface area contributed by atoms with E-state index in [1.54, 1.807) is 6.20 Å². The van der Waals surface area contributed by atoms with E-state index in [0.717, 1.165) is 18.9 Å². The van der Waals surface area contributed by atoms with Crippen molar-refractivity contribution in [1.29, 1.82) is 5.26 Å². The lowest BCUT2D eigenvalue weighted by molar-refractivity contribution is 0.200. The van der Waals surface area contributed by atoms with E-state index in [0.29, 0.717) is 11.6 Å². The zero-order chi connectivity index (χ0) is 9.97. The first-order valence-electron chi connectivity index (χ1n) is 4.41. The molecule has 0 spiro atoms. The fraction of sp³-hybridized carbons (Fsp3) is 0.444. The molecule has 1 aromatic heterocycles. The van der Waals surface area contributed by atoms with Gasteiger partial charge in [0.15, 0.2) is 5.69 Å². The van der Waals surface area contributed by atoms with E-state index in [1.807, 2.05) is 11.0 Å². The molecule has 2 heterocycles. The number of aliphatic hydroxyl groups is 1. The molecule has 0 unspecified atom stereocenters. The van der Waals surface area contributed by atoms with E-state index in [9.17, 15) is 0 Å². The fourth-order valence-corrected chi connectivity index (χ4v) is 1.41. The number of anilines is 1. The van der Waals surface area contributed by atoms with Crippen LogP contribution in [0.25, 0.3) is 0 Å². The molecule has 0 saturated carbocycles. The number of aromatic nitrogens is 2. The fourth-order valence-electron chi connectivity index (χ4n) is 1.41. The lowest BCUT2D eigenvalue weighted by Crippen LogP contribution is -2.48. The summed E-state index contributed by atoms with van der Waals surface area (Å²) in [6, 6.07) is 1.92. The molecule has 1 aliphatic heterocycles. The molecule has 1 N–H and O–H groups in total. The molecule has 14 heavy (non-hydrogen) atoms. The number of nitriles is 1. The Hall–Kier alpha value is -1.67. The van der Waals surface area contributed by atoms with Crippen molar-refractivity contribution < 1.29 is 5.11 Å². The van der Waals surface area contributed by atoms with Crippen molar-refractivity contribution in [2.45, 2.75) is 0 Å². The minimum Gasteiger partial charge on any atom is -0.396 e. The molecule has 1 aromatic rings. The third kappa shape index (κ3) is 1.52. The Bertz CT molecular complexity index is 350. The highest BCUT2D eigenvalue weighted by atomic mass is 16.3. The van der Waals surface area contributed by atoms with Gasteiger partial charge < -0.3 is 10.0 Å². The molecule has 5 heteroatoms. The van der Waals surface area contributed by atoms with Gasteiger partial charge in [-0.05, 0) is 0 Å². The van der Waals surface area contributed by atoms with Crippen molar-refractivity contribution in [3.63, 3.8) is 0 Å². The van der Waals surface area contributed by atoms with Crippen molar-refractivity contribution in [3.8, 4) is 6.07 Å². The average Bonchev–Trinajstić information content (AvgIpc) is 2.17. The Morgan fingerprint density at radius 3 is 2.79 bits per heavy atom. The highest BCUT2D eigenvalue weighted by Crippen LogP contribution is 2.20. The maximum Gasteiger partial charge on any atom is 0.158 e. The Balaban J connectivity index is 2.02. The van der Waals surface area contributed by atoms with Gasteiger partial charge in [0.05, 0.1) is 12.4 Å². The summed E-state index contributed by atoms with van der Waals surface area (Å²) < 4.78 is 0. The Morgan fingerprint density at radius 2 is 2.29 bits per heavy atom. The zero-order valence-corrected chi connectivity index (χ0v) is 7.59. The van der Waals surface area contributed by atoms with E-state index in [4.69, 9.17) is 10.4 Å². The maximum absolute atomic E-state index is 8.83. The summed E-state index contributed by atoms with van der Waals surface area (Å²) >= 11 is 0. The van der Waals surface area contributed by atoms with Gasteiger partial charge in [-0.15, -0.1) is 0 Å². The summed E-state index contributed by atoms with van der Waals surface area (Å²) in [6.45, 7) is 1.86. The molecule has 1 aliphatic rings. The maximum atomic E-state index is 8.83. The predicted octanol–water partition coefficient (Wildman–Crippen LogP) is -0.223. The topological polar surface area (TPSA) is 73.0 Å². The van der Waals surface area contributed by atoms with Gasteiger partial charge >= 0.3 is 0 Å². The first-order chi connectivity index (χ1) is 6.83. The molecule has 0 bridgehead atoms. The minimum atomic E-state index is 0.222. The van der Waals surface area contributed by atoms with Crippen molar-refractivity contribution in [2.24, 2.45) is 5.92 Å². The van der Waals surface area contributed by atoms with E-state index in [1.165, 1.54) is 6.20 Å². The molecule has 1 saturated heterocycles. The van der Waals surface area contributed by atoms with Crippen LogP contribution in [-0.2, 0) is 0 Å². The molecule has 0 aliphatic carbocycles. The van der Waals surface area contributed by atoms with E-state index >= 15 is 0 Å². The van der Waals surface area contributed by atoms with Crippen LogP contribution in [0.15, 0.2) is 12.4 Å². The van der Waals surface area contributed by atoms with E-state index in [-0.39, 0.29) is 6.61 Å². The minimum absolute atomic E-state index is 0.222. The first-order valence-corrected chi connectivity index (χ1v) is 4.41. The third-order valence-electron chi connectivity index (χ3n) is 2.29. The van der Waals surface area contributed by atoms with Gasteiger partial charge in [-0.1, -0.05) is 0 Å². The van der Waals surface area contributed by atoms with Gasteiger partial charge in [-0.2, -0.15) is 5.26 Å². The van der Waals surface area contributed by atoms with Crippen LogP contribution in [0, 0.1) is 17.2 Å². The monoisotopic (exact) mass is 190 g/mol. The van der Waals surface area contributed by atoms with Gasteiger partial charge in [-0.3, -0.25) is 0 Å². The van der Waals surface area contributed by atoms with E-state index in [2.05, 4.69) is 9.97 Å². The van der Waals surface area contributed by atoms with Crippen LogP contribution in [0.1, 0.15) is 5.69 Å². The second-order valence-corrected chi connectivity index (χ2v) is 3.33. The molecule has 5 nitrogen and oxygen atoms in total. The molecular weight excluding hydrogens is 180 g/mol. The first kappa shape index (κ1) is 8.91. The van der Waals surface area contributed by atoms with Crippen molar-refractivity contribution >= 4 is 5.82 Å². The molecule has 2 rings (SSSR count). The lowest BCUT2D eigenvalue weighted by Gasteiger charge is -2.38. The van der Waals surface area contributed by atoms with Crippen molar-refractivity contribution in [1.82, 2.24) is 9.97 Å². The number of rotatable bonds is 2. The predicted molar refractivity (Wildman–Crippen MR) is 49.5 cm³/mol. The summed E-state index contributed by atoms with van der Waals surface area (Å²) in [6.07, 6.45) is 3.05. The lowest BCUT2D eigenvalue weighted by atomic mass is 10.0. The molecule has 0 radical (unpaired) electrons. The quantitative estimate of drug-likeness (QED) is 0.697. The zero-order valence-electron chi connectivity index (χ0n) is 7.59. The van der Waals surface area contributed by atoms with Gasteiger partial charge in [0.2, 0.25) is 0 Å². The van der Waals surface area contributed by atoms with Crippen LogP contribution in [0.4, 0.5) is 5.82 Å². The Morgan fingerprint density at radius 1 is 1.50 bits per heavy atom. The molecule has 0 atom stereocenters. The van der Waals surface area contributed by atoms with Gasteiger partial charge in [-0.25, -0.2) is 9.97 Å². The van der Waals surface area contributed by atoms with Crippen molar-refractivity contribution in [3.05, 3.63) is 18.1 Å². The summed E-state index contributed by atoms with van der Waals surface area (Å²) in [4.78, 5) is 10.0. The third-order valence-corrected chi connectivity index (χ3v) is 2.29. The average molecular weight is 190 g/mol. The number of hydrogen-bond acceptors (Lipinski definition) is 5. The second kappa shape index (κ2) is 3.60. The second-order valence-electron chi connectivity index (χ2n) is 3.33. The van der Waals surface area contributed by atoms with Crippen LogP contribution in [0.3, 0.4) is 0 Å². The number of nitrogens with zero attached hydrogens (tertiary/aromatic N) is 4. The Kier molecular flexibility index (Phi) is 2.29. The highest BCUT2D eigenvalue weighted by Gasteiger charge is 2.26. The molecule has 0 aromatic carbocycles. The molecular formula is C9H10N4O. The van der Waals surface area contributed by atoms with Crippen molar-refractivity contribution in [2.75, 3.05) is 24.6 Å². The van der Waals surface area contributed by atoms with Crippen LogP contribution in [-0.4, -0.2) is 34.8 Å². The van der Waals surface area contributed by atoms with E-state index < -0.39 is 0 Å². The normalized spacial score (nSPS) is 16.1. The SMILES string of the molecule is N#Cc1cnc(N2CC(CO)C2)cn1. The molecule has 0 amide bonds. The largest absolute Gasteiger partial charge is 0.396 e. The molecule has 72 valence electrons. The van der Waals surface area contributed by atoms with Crippen LogP contribution >= 0.6 is 0 Å². The van der Waals surface area contributed by atoms with Crippen LogP contribution < -0.4 is 4.90 Å². The smallest absolute Gasteiger partial charge is 0.158 e. The Labute approximate surface area is 81.6 Å². The van der Waals surface area contributed by atoms with Gasteiger partial charge in [0, 0.05) is 25.6 Å². The highest BCUT2D eigenvalue weighted by molar-refractivity contribution is 5.40. The standard InChI is InChI=1S/C9H10N4O/c10-1-8-2-12-9(3-11-8)13-4-7(5-13)6-14/h2-3,7,14H,4-6H2.